The van der Waals surface area contributed by atoms with E-state index in [9.17, 15) is 10.2 Å². The quantitative estimate of drug-likeness (QED) is 0.753. The number of para-hydroxylation sites is 1. The Hall–Kier alpha value is -2.26. The molecular weight excluding hydrogens is 274 g/mol. The first-order valence-corrected chi connectivity index (χ1v) is 7.83. The number of fused-ring (bicyclic) bond motifs is 2. The molecule has 22 heavy (non-hydrogen) atoms. The fourth-order valence-corrected chi connectivity index (χ4v) is 3.52. The third kappa shape index (κ3) is 2.18. The van der Waals surface area contributed by atoms with E-state index < -0.39 is 6.23 Å². The number of aromatic hydroxyl groups is 1. The summed E-state index contributed by atoms with van der Waals surface area (Å²) in [5, 5.41) is 23.6. The summed E-state index contributed by atoms with van der Waals surface area (Å²) in [6.45, 7) is 0. The lowest BCUT2D eigenvalue weighted by Crippen LogP contribution is -2.12. The minimum Gasteiger partial charge on any atom is -0.508 e. The minimum absolute atomic E-state index is 0.387. The Morgan fingerprint density at radius 1 is 1.09 bits per heavy atom. The van der Waals surface area contributed by atoms with Crippen molar-refractivity contribution in [2.75, 3.05) is 5.32 Å². The molecule has 4 rings (SSSR count). The summed E-state index contributed by atoms with van der Waals surface area (Å²) in [4.78, 5) is 0. The van der Waals surface area contributed by atoms with Gasteiger partial charge in [-0.1, -0.05) is 24.3 Å². The van der Waals surface area contributed by atoms with Crippen LogP contribution < -0.4 is 5.32 Å². The predicted octanol–water partition coefficient (Wildman–Crippen LogP) is 3.56. The number of phenols is 1. The maximum absolute atomic E-state index is 10.3. The number of hydrogen-bond donors (Lipinski definition) is 3. The second-order valence-electron chi connectivity index (χ2n) is 6.08. The summed E-state index contributed by atoms with van der Waals surface area (Å²) < 4.78 is 0. The number of aliphatic hydroxyl groups is 1. The highest BCUT2D eigenvalue weighted by molar-refractivity contribution is 5.94. The van der Waals surface area contributed by atoms with Crippen LogP contribution in [0.3, 0.4) is 0 Å². The van der Waals surface area contributed by atoms with Crippen LogP contribution in [0.1, 0.15) is 35.1 Å². The molecule has 2 aliphatic rings. The molecule has 2 aromatic rings. The Labute approximate surface area is 129 Å². The van der Waals surface area contributed by atoms with E-state index in [1.54, 1.807) is 0 Å². The molecular formula is C19H19NO2. The number of nitrogens with one attached hydrogen (secondary N) is 1. The van der Waals surface area contributed by atoms with Gasteiger partial charge >= 0.3 is 0 Å². The monoisotopic (exact) mass is 293 g/mol. The Balaban J connectivity index is 1.79. The number of aryl methyl sites for hydroxylation is 1. The van der Waals surface area contributed by atoms with Gasteiger partial charge in [0.05, 0.1) is 0 Å². The molecule has 0 saturated carbocycles. The number of aliphatic hydroxyl groups excluding tert-OH is 1. The number of benzene rings is 2. The Morgan fingerprint density at radius 3 is 2.82 bits per heavy atom. The molecule has 0 radical (unpaired) electrons. The molecule has 1 unspecified atom stereocenters. The second kappa shape index (κ2) is 5.18. The molecule has 3 nitrogen and oxygen atoms in total. The van der Waals surface area contributed by atoms with Crippen molar-refractivity contribution in [3.63, 3.8) is 0 Å². The minimum atomic E-state index is -0.699. The molecule has 1 aliphatic heterocycles. The van der Waals surface area contributed by atoms with Crippen LogP contribution in [-0.2, 0) is 12.8 Å². The van der Waals surface area contributed by atoms with Gasteiger partial charge in [0, 0.05) is 16.8 Å². The third-order valence-corrected chi connectivity index (χ3v) is 4.61. The lowest BCUT2D eigenvalue weighted by atomic mass is 9.89. The van der Waals surface area contributed by atoms with Crippen LogP contribution in [0.5, 0.6) is 5.75 Å². The van der Waals surface area contributed by atoms with Gasteiger partial charge in [-0.05, 0) is 60.6 Å². The van der Waals surface area contributed by atoms with Crippen molar-refractivity contribution in [3.8, 4) is 5.75 Å². The van der Waals surface area contributed by atoms with Crippen molar-refractivity contribution < 1.29 is 10.2 Å². The topological polar surface area (TPSA) is 52.5 Å². The summed E-state index contributed by atoms with van der Waals surface area (Å²) in [6.07, 6.45) is 5.59. The van der Waals surface area contributed by atoms with Crippen LogP contribution in [0, 0.1) is 0 Å². The van der Waals surface area contributed by atoms with Gasteiger partial charge in [-0.3, -0.25) is 0 Å². The van der Waals surface area contributed by atoms with Gasteiger partial charge in [0.25, 0.3) is 0 Å². The Kier molecular flexibility index (Phi) is 3.16. The molecule has 0 fully saturated rings. The van der Waals surface area contributed by atoms with Crippen LogP contribution >= 0.6 is 0 Å². The zero-order chi connectivity index (χ0) is 15.1. The van der Waals surface area contributed by atoms with Gasteiger partial charge in [0.15, 0.2) is 6.23 Å². The van der Waals surface area contributed by atoms with E-state index in [0.717, 1.165) is 47.2 Å². The standard InChI is InChI=1S/C19H19NO2/c21-18-11-12(9-13-5-1-2-6-14(13)18)10-16-15-7-3-4-8-17(15)20-19(16)22/h3-4,7-11,19-22H,1-2,5-6H2. The summed E-state index contributed by atoms with van der Waals surface area (Å²) in [7, 11) is 0. The average Bonchev–Trinajstić information content (AvgIpc) is 2.84. The largest absolute Gasteiger partial charge is 0.508 e. The highest BCUT2D eigenvalue weighted by Gasteiger charge is 2.24. The van der Waals surface area contributed by atoms with Crippen LogP contribution in [0.4, 0.5) is 5.69 Å². The smallest absolute Gasteiger partial charge is 0.151 e. The molecule has 3 heteroatoms. The lowest BCUT2D eigenvalue weighted by molar-refractivity contribution is 0.266. The summed E-state index contributed by atoms with van der Waals surface area (Å²) >= 11 is 0. The van der Waals surface area contributed by atoms with E-state index in [0.29, 0.717) is 5.75 Å². The number of hydrogen-bond acceptors (Lipinski definition) is 3. The van der Waals surface area contributed by atoms with Crippen molar-refractivity contribution in [3.05, 3.63) is 58.7 Å². The fourth-order valence-electron chi connectivity index (χ4n) is 3.52. The molecule has 2 aromatic carbocycles. The van der Waals surface area contributed by atoms with Gasteiger partial charge in [0.2, 0.25) is 0 Å². The van der Waals surface area contributed by atoms with Crippen LogP contribution in [0.2, 0.25) is 0 Å². The van der Waals surface area contributed by atoms with Crippen molar-refractivity contribution in [2.24, 2.45) is 0 Å². The highest BCUT2D eigenvalue weighted by atomic mass is 16.3. The zero-order valence-corrected chi connectivity index (χ0v) is 12.3. The van der Waals surface area contributed by atoms with Crippen molar-refractivity contribution in [1.29, 1.82) is 0 Å². The summed E-state index contributed by atoms with van der Waals surface area (Å²) in [5.74, 6) is 0.387. The molecule has 0 spiro atoms. The van der Waals surface area contributed by atoms with E-state index in [1.165, 1.54) is 12.0 Å². The summed E-state index contributed by atoms with van der Waals surface area (Å²) in [6, 6.07) is 11.8. The highest BCUT2D eigenvalue weighted by Crippen LogP contribution is 2.37. The number of anilines is 1. The maximum atomic E-state index is 10.3. The van der Waals surface area contributed by atoms with E-state index in [1.807, 2.05) is 36.4 Å². The molecule has 1 heterocycles. The molecule has 3 N–H and O–H groups in total. The van der Waals surface area contributed by atoms with Crippen LogP contribution in [0.15, 0.2) is 36.4 Å². The fraction of sp³-hybridized carbons (Fsp3) is 0.263. The summed E-state index contributed by atoms with van der Waals surface area (Å²) in [5.41, 5.74) is 6.11. The van der Waals surface area contributed by atoms with Crippen molar-refractivity contribution in [2.45, 2.75) is 31.9 Å². The first-order valence-electron chi connectivity index (χ1n) is 7.83. The van der Waals surface area contributed by atoms with E-state index >= 15 is 0 Å². The Morgan fingerprint density at radius 2 is 1.91 bits per heavy atom. The molecule has 1 aliphatic carbocycles. The molecule has 0 saturated heterocycles. The number of rotatable bonds is 1. The van der Waals surface area contributed by atoms with Gasteiger partial charge in [-0.25, -0.2) is 0 Å². The van der Waals surface area contributed by atoms with E-state index in [-0.39, 0.29) is 0 Å². The number of phenolic OH excluding ortho intramolecular Hbond substituents is 1. The van der Waals surface area contributed by atoms with Crippen LogP contribution in [-0.4, -0.2) is 16.4 Å². The normalized spacial score (nSPS) is 21.3. The first kappa shape index (κ1) is 13.4. The average molecular weight is 293 g/mol. The van der Waals surface area contributed by atoms with Crippen molar-refractivity contribution >= 4 is 17.3 Å². The van der Waals surface area contributed by atoms with Crippen LogP contribution in [0.25, 0.3) is 11.6 Å². The van der Waals surface area contributed by atoms with Crippen molar-refractivity contribution in [1.82, 2.24) is 0 Å². The third-order valence-electron chi connectivity index (χ3n) is 4.61. The van der Waals surface area contributed by atoms with Gasteiger partial charge in [-0.2, -0.15) is 0 Å². The maximum Gasteiger partial charge on any atom is 0.151 e. The molecule has 112 valence electrons. The Bertz CT molecular complexity index is 764. The first-order chi connectivity index (χ1) is 10.7. The zero-order valence-electron chi connectivity index (χ0n) is 12.3. The molecule has 1 atom stereocenters. The van der Waals surface area contributed by atoms with E-state index in [4.69, 9.17) is 0 Å². The van der Waals surface area contributed by atoms with Gasteiger partial charge in [-0.15, -0.1) is 0 Å². The van der Waals surface area contributed by atoms with Gasteiger partial charge in [0.1, 0.15) is 5.75 Å². The van der Waals surface area contributed by atoms with Gasteiger partial charge < -0.3 is 15.5 Å². The van der Waals surface area contributed by atoms with E-state index in [2.05, 4.69) is 11.4 Å². The molecule has 0 bridgehead atoms. The lowest BCUT2D eigenvalue weighted by Gasteiger charge is -2.18. The SMILES string of the molecule is Oc1cc(C=C2c3ccccc3NC2O)cc2c1CCCC2. The molecule has 0 amide bonds. The molecule has 0 aromatic heterocycles. The second-order valence-corrected chi connectivity index (χ2v) is 6.08. The predicted molar refractivity (Wildman–Crippen MR) is 88.7 cm³/mol.